The summed E-state index contributed by atoms with van der Waals surface area (Å²) in [5, 5.41) is 11.1. The number of hydrogen-bond donors (Lipinski definition) is 0. The molecule has 7 heteroatoms. The van der Waals surface area contributed by atoms with Crippen molar-refractivity contribution >= 4 is 17.4 Å². The summed E-state index contributed by atoms with van der Waals surface area (Å²) >= 11 is 0. The van der Waals surface area contributed by atoms with Crippen molar-refractivity contribution in [1.29, 1.82) is 0 Å². The minimum absolute atomic E-state index is 0.0204. The van der Waals surface area contributed by atoms with E-state index in [9.17, 15) is 14.9 Å². The summed E-state index contributed by atoms with van der Waals surface area (Å²) in [6.07, 6.45) is 5.14. The van der Waals surface area contributed by atoms with Crippen LogP contribution in [0.25, 0.3) is 0 Å². The molecule has 0 radical (unpaired) electrons. The summed E-state index contributed by atoms with van der Waals surface area (Å²) in [6.45, 7) is 16.3. The largest absolute Gasteiger partial charge is 0.347 e. The molecule has 1 aliphatic rings. The van der Waals surface area contributed by atoms with Gasteiger partial charge in [-0.2, -0.15) is 0 Å². The zero-order valence-electron chi connectivity index (χ0n) is 18.3. The first-order valence-corrected chi connectivity index (χ1v) is 9.72. The molecule has 1 amide bonds. The first-order chi connectivity index (χ1) is 13.8. The molecule has 0 N–H and O–H groups in total. The zero-order chi connectivity index (χ0) is 22.4. The second-order valence-electron chi connectivity index (χ2n) is 6.03. The number of rotatable bonds is 2. The van der Waals surface area contributed by atoms with Crippen molar-refractivity contribution in [2.75, 3.05) is 24.5 Å². The lowest BCUT2D eigenvalue weighted by Gasteiger charge is -2.39. The van der Waals surface area contributed by atoms with Gasteiger partial charge in [-0.1, -0.05) is 31.9 Å². The van der Waals surface area contributed by atoms with Gasteiger partial charge in [-0.15, -0.1) is 6.58 Å². The van der Waals surface area contributed by atoms with E-state index < -0.39 is 4.92 Å². The van der Waals surface area contributed by atoms with E-state index >= 15 is 0 Å². The molecule has 0 bridgehead atoms. The highest BCUT2D eigenvalue weighted by atomic mass is 16.6. The summed E-state index contributed by atoms with van der Waals surface area (Å²) < 4.78 is 0. The Balaban J connectivity index is 0.00000143. The quantitative estimate of drug-likeness (QED) is 0.321. The summed E-state index contributed by atoms with van der Waals surface area (Å²) in [7, 11) is 0. The minimum atomic E-state index is -0.435. The highest BCUT2D eigenvalue weighted by Gasteiger charge is 2.30. The number of aromatic nitrogens is 1. The van der Waals surface area contributed by atoms with Crippen LogP contribution < -0.4 is 4.90 Å². The molecule has 2 heterocycles. The van der Waals surface area contributed by atoms with Crippen LogP contribution in [0.15, 0.2) is 42.6 Å². The number of nitrogens with zero attached hydrogens (tertiary/aromatic N) is 4. The second-order valence-corrected chi connectivity index (χ2v) is 6.03. The van der Waals surface area contributed by atoms with Crippen molar-refractivity contribution in [3.63, 3.8) is 0 Å². The van der Waals surface area contributed by atoms with E-state index in [2.05, 4.69) is 23.4 Å². The smallest absolute Gasteiger partial charge is 0.311 e. The SMILES string of the molecule is C/C=C(\C)C#CC(=O)N1CCN(c2ncccc2[N+](=O)[O-])CC1C.C=CC.CC. The summed E-state index contributed by atoms with van der Waals surface area (Å²) in [5.41, 5.74) is 0.826. The number of hydrogen-bond acceptors (Lipinski definition) is 5. The van der Waals surface area contributed by atoms with E-state index in [1.54, 1.807) is 17.0 Å². The first-order valence-electron chi connectivity index (χ1n) is 9.72. The standard InChI is InChI=1S/C17H20N4O3.C3H6.C2H6/c1-4-13(2)7-8-16(22)20-11-10-19(12-14(20)3)17-15(21(23)24)6-5-9-18-17;1-3-2;1-2/h4-6,9,14H,10-12H2,1-3H3;3H,1H2,2H3;1-2H3/b13-4+;;. The van der Waals surface area contributed by atoms with Crippen LogP contribution in [-0.4, -0.2) is 46.4 Å². The number of allylic oxidation sites excluding steroid dienone is 3. The maximum atomic E-state index is 12.2. The fourth-order valence-electron chi connectivity index (χ4n) is 2.52. The molecule has 1 unspecified atom stereocenters. The van der Waals surface area contributed by atoms with Crippen LogP contribution in [-0.2, 0) is 4.79 Å². The van der Waals surface area contributed by atoms with Crippen molar-refractivity contribution in [2.45, 2.75) is 47.6 Å². The molecule has 0 aliphatic carbocycles. The van der Waals surface area contributed by atoms with Crippen LogP contribution in [0.1, 0.15) is 41.5 Å². The maximum absolute atomic E-state index is 12.2. The molecule has 1 aliphatic heterocycles. The molecule has 1 aromatic rings. The van der Waals surface area contributed by atoms with Crippen molar-refractivity contribution in [1.82, 2.24) is 9.88 Å². The van der Waals surface area contributed by atoms with Gasteiger partial charge in [0.15, 0.2) is 0 Å². The molecule has 2 rings (SSSR count). The lowest BCUT2D eigenvalue weighted by atomic mass is 10.1. The van der Waals surface area contributed by atoms with Gasteiger partial charge in [-0.05, 0) is 39.3 Å². The Bertz CT molecular complexity index is 778. The Hall–Kier alpha value is -3.14. The molecular weight excluding hydrogens is 368 g/mol. The summed E-state index contributed by atoms with van der Waals surface area (Å²) in [6, 6.07) is 2.88. The lowest BCUT2D eigenvalue weighted by Crippen LogP contribution is -2.54. The third-order valence-corrected chi connectivity index (χ3v) is 3.95. The number of anilines is 1. The number of nitro groups is 1. The fraction of sp³-hybridized carbons (Fsp3) is 0.455. The molecule has 158 valence electrons. The van der Waals surface area contributed by atoms with Crippen LogP contribution in [0.4, 0.5) is 11.5 Å². The van der Waals surface area contributed by atoms with Crippen molar-refractivity contribution in [3.8, 4) is 11.8 Å². The van der Waals surface area contributed by atoms with Gasteiger partial charge >= 0.3 is 5.69 Å². The van der Waals surface area contributed by atoms with Crippen molar-refractivity contribution in [2.24, 2.45) is 0 Å². The van der Waals surface area contributed by atoms with Crippen LogP contribution in [0.5, 0.6) is 0 Å². The van der Waals surface area contributed by atoms with E-state index in [4.69, 9.17) is 0 Å². The van der Waals surface area contributed by atoms with Gasteiger partial charge in [-0.25, -0.2) is 4.98 Å². The summed E-state index contributed by atoms with van der Waals surface area (Å²) in [4.78, 5) is 30.6. The van der Waals surface area contributed by atoms with Crippen molar-refractivity contribution < 1.29 is 9.72 Å². The topological polar surface area (TPSA) is 79.6 Å². The van der Waals surface area contributed by atoms with Gasteiger partial charge in [-0.3, -0.25) is 14.9 Å². The van der Waals surface area contributed by atoms with E-state index in [1.165, 1.54) is 12.3 Å². The van der Waals surface area contributed by atoms with E-state index in [1.807, 2.05) is 52.5 Å². The Labute approximate surface area is 174 Å². The van der Waals surface area contributed by atoms with Crippen molar-refractivity contribution in [3.05, 3.63) is 52.7 Å². The number of piperazine rings is 1. The van der Waals surface area contributed by atoms with Gasteiger partial charge < -0.3 is 9.80 Å². The van der Waals surface area contributed by atoms with Gasteiger partial charge in [0, 0.05) is 43.9 Å². The number of carbonyl (C=O) groups is 1. The first kappa shape index (κ1) is 25.9. The van der Waals surface area contributed by atoms with Gasteiger partial charge in [0.1, 0.15) is 0 Å². The molecule has 1 atom stereocenters. The van der Waals surface area contributed by atoms with E-state index in [0.29, 0.717) is 25.5 Å². The highest BCUT2D eigenvalue weighted by Crippen LogP contribution is 2.26. The van der Waals surface area contributed by atoms with Crippen LogP contribution >= 0.6 is 0 Å². The zero-order valence-corrected chi connectivity index (χ0v) is 18.3. The molecule has 7 nitrogen and oxygen atoms in total. The molecular formula is C22H32N4O3. The molecule has 0 aromatic carbocycles. The highest BCUT2D eigenvalue weighted by molar-refractivity contribution is 5.94. The molecule has 29 heavy (non-hydrogen) atoms. The average Bonchev–Trinajstić information content (AvgIpc) is 2.73. The van der Waals surface area contributed by atoms with E-state index in [0.717, 1.165) is 5.57 Å². The number of carbonyl (C=O) groups excluding carboxylic acids is 1. The average molecular weight is 401 g/mol. The molecule has 1 aromatic heterocycles. The molecule has 1 saturated heterocycles. The lowest BCUT2D eigenvalue weighted by molar-refractivity contribution is -0.384. The maximum Gasteiger partial charge on any atom is 0.311 e. The van der Waals surface area contributed by atoms with E-state index in [-0.39, 0.29) is 17.6 Å². The Morgan fingerprint density at radius 1 is 1.34 bits per heavy atom. The Morgan fingerprint density at radius 2 is 1.97 bits per heavy atom. The van der Waals surface area contributed by atoms with Gasteiger partial charge in [0.05, 0.1) is 4.92 Å². The Morgan fingerprint density at radius 3 is 2.48 bits per heavy atom. The fourth-order valence-corrected chi connectivity index (χ4v) is 2.52. The number of amides is 1. The third-order valence-electron chi connectivity index (χ3n) is 3.95. The van der Waals surface area contributed by atoms with Crippen LogP contribution in [0.3, 0.4) is 0 Å². The third kappa shape index (κ3) is 8.18. The van der Waals surface area contributed by atoms with Crippen LogP contribution in [0.2, 0.25) is 0 Å². The minimum Gasteiger partial charge on any atom is -0.347 e. The van der Waals surface area contributed by atoms with Crippen LogP contribution in [0, 0.1) is 22.0 Å². The van der Waals surface area contributed by atoms with Gasteiger partial charge in [0.25, 0.3) is 5.91 Å². The van der Waals surface area contributed by atoms with Gasteiger partial charge in [0.2, 0.25) is 5.82 Å². The number of pyridine rings is 1. The summed E-state index contributed by atoms with van der Waals surface area (Å²) in [5.74, 6) is 5.59. The monoisotopic (exact) mass is 400 g/mol. The Kier molecular flexibility index (Phi) is 12.4. The molecule has 0 saturated carbocycles. The second kappa shape index (κ2) is 13.9. The molecule has 0 spiro atoms. The normalized spacial score (nSPS) is 15.5. The molecule has 1 fully saturated rings. The predicted octanol–water partition coefficient (Wildman–Crippen LogP) is 4.22. The predicted molar refractivity (Wildman–Crippen MR) is 119 cm³/mol.